The highest BCUT2D eigenvalue weighted by molar-refractivity contribution is 7.99. The van der Waals surface area contributed by atoms with E-state index in [4.69, 9.17) is 34.0 Å². The Morgan fingerprint density at radius 3 is 2.50 bits per heavy atom. The molecule has 0 aliphatic rings. The molecule has 0 aliphatic heterocycles. The van der Waals surface area contributed by atoms with Crippen LogP contribution in [0.5, 0.6) is 0 Å². The summed E-state index contributed by atoms with van der Waals surface area (Å²) in [5.74, 6) is -0.564. The third-order valence-corrected chi connectivity index (χ3v) is 4.03. The van der Waals surface area contributed by atoms with Crippen molar-refractivity contribution in [2.45, 2.75) is 12.5 Å². The first kappa shape index (κ1) is 17.1. The predicted octanol–water partition coefficient (Wildman–Crippen LogP) is 2.47. The van der Waals surface area contributed by atoms with E-state index in [2.05, 4.69) is 5.32 Å². The summed E-state index contributed by atoms with van der Waals surface area (Å²) in [4.78, 5) is 22.2. The van der Waals surface area contributed by atoms with E-state index in [1.54, 1.807) is 18.2 Å². The van der Waals surface area contributed by atoms with Gasteiger partial charge in [0.2, 0.25) is 5.91 Å². The highest BCUT2D eigenvalue weighted by Gasteiger charge is 2.12. The Labute approximate surface area is 130 Å². The van der Waals surface area contributed by atoms with Crippen molar-refractivity contribution in [3.63, 3.8) is 0 Å². The number of thioether (sulfide) groups is 1. The summed E-state index contributed by atoms with van der Waals surface area (Å²) in [7, 11) is 0. The average Bonchev–Trinajstić information content (AvgIpc) is 2.38. The number of carbonyl (C=O) groups excluding carboxylic acids is 1. The molecule has 0 radical (unpaired) electrons. The maximum absolute atomic E-state index is 11.7. The number of hydrogen-bond donors (Lipinski definition) is 3. The van der Waals surface area contributed by atoms with Crippen molar-refractivity contribution in [3.05, 3.63) is 28.2 Å². The Morgan fingerprint density at radius 2 is 1.95 bits per heavy atom. The Hall–Kier alpha value is -0.950. The molecule has 1 atom stereocenters. The molecule has 0 bridgehead atoms. The van der Waals surface area contributed by atoms with Gasteiger partial charge in [-0.3, -0.25) is 9.59 Å². The van der Waals surface area contributed by atoms with Crippen LogP contribution in [0.2, 0.25) is 10.0 Å². The molecule has 0 aromatic heterocycles. The second kappa shape index (κ2) is 8.36. The van der Waals surface area contributed by atoms with Crippen LogP contribution in [0.4, 0.5) is 5.69 Å². The van der Waals surface area contributed by atoms with Gasteiger partial charge in [-0.15, -0.1) is 0 Å². The van der Waals surface area contributed by atoms with Crippen molar-refractivity contribution in [1.82, 2.24) is 0 Å². The number of amides is 1. The molecule has 1 aromatic carbocycles. The van der Waals surface area contributed by atoms with E-state index < -0.39 is 12.0 Å². The number of carbonyl (C=O) groups is 2. The number of nitrogens with one attached hydrogen (secondary N) is 1. The van der Waals surface area contributed by atoms with Crippen LogP contribution >= 0.6 is 35.0 Å². The number of anilines is 1. The quantitative estimate of drug-likeness (QED) is 0.665. The number of nitrogens with two attached hydrogens (primary N) is 1. The second-order valence-corrected chi connectivity index (χ2v) is 5.88. The zero-order valence-electron chi connectivity index (χ0n) is 10.4. The fourth-order valence-corrected chi connectivity index (χ4v) is 2.65. The van der Waals surface area contributed by atoms with Gasteiger partial charge in [-0.05, 0) is 12.1 Å². The van der Waals surface area contributed by atoms with Gasteiger partial charge >= 0.3 is 5.97 Å². The number of para-hydroxylation sites is 1. The molecule has 20 heavy (non-hydrogen) atoms. The number of rotatable bonds is 7. The summed E-state index contributed by atoms with van der Waals surface area (Å²) in [6.07, 6.45) is 0.221. The van der Waals surface area contributed by atoms with Gasteiger partial charge in [0.15, 0.2) is 0 Å². The highest BCUT2D eigenvalue weighted by Crippen LogP contribution is 2.29. The molecule has 1 amide bonds. The molecule has 0 fully saturated rings. The van der Waals surface area contributed by atoms with E-state index in [9.17, 15) is 9.59 Å². The minimum atomic E-state index is -1.05. The zero-order chi connectivity index (χ0) is 15.1. The second-order valence-electron chi connectivity index (χ2n) is 3.91. The number of benzene rings is 1. The minimum absolute atomic E-state index is 0.221. The molecule has 0 heterocycles. The fourth-order valence-electron chi connectivity index (χ4n) is 1.27. The molecule has 0 unspecified atom stereocenters. The van der Waals surface area contributed by atoms with Crippen molar-refractivity contribution in [2.75, 3.05) is 16.8 Å². The molecule has 4 N–H and O–H groups in total. The maximum atomic E-state index is 11.7. The summed E-state index contributed by atoms with van der Waals surface area (Å²) in [5.41, 5.74) is 5.72. The zero-order valence-corrected chi connectivity index (χ0v) is 12.8. The summed E-state index contributed by atoms with van der Waals surface area (Å²) in [6.45, 7) is 0. The van der Waals surface area contributed by atoms with Crippen molar-refractivity contribution < 1.29 is 14.7 Å². The van der Waals surface area contributed by atoms with Gasteiger partial charge < -0.3 is 16.2 Å². The minimum Gasteiger partial charge on any atom is -0.480 e. The monoisotopic (exact) mass is 336 g/mol. The first-order valence-electron chi connectivity index (χ1n) is 5.71. The molecule has 0 spiro atoms. The Balaban J connectivity index is 2.36. The summed E-state index contributed by atoms with van der Waals surface area (Å²) in [6, 6.07) is 4.03. The maximum Gasteiger partial charge on any atom is 0.321 e. The van der Waals surface area contributed by atoms with E-state index >= 15 is 0 Å². The van der Waals surface area contributed by atoms with Gasteiger partial charge in [-0.25, -0.2) is 0 Å². The lowest BCUT2D eigenvalue weighted by atomic mass is 10.3. The topological polar surface area (TPSA) is 92.4 Å². The number of aliphatic carboxylic acids is 1. The molecule has 5 nitrogen and oxygen atoms in total. The fraction of sp³-hybridized carbons (Fsp3) is 0.333. The van der Waals surface area contributed by atoms with Gasteiger partial charge in [0.05, 0.1) is 15.7 Å². The van der Waals surface area contributed by atoms with Gasteiger partial charge in [0, 0.05) is 17.9 Å². The lowest BCUT2D eigenvalue weighted by Crippen LogP contribution is -2.32. The van der Waals surface area contributed by atoms with Crippen LogP contribution in [0.1, 0.15) is 6.42 Å². The van der Waals surface area contributed by atoms with E-state index in [1.165, 1.54) is 11.8 Å². The van der Waals surface area contributed by atoms with E-state index in [0.717, 1.165) is 0 Å². The highest BCUT2D eigenvalue weighted by atomic mass is 35.5. The molecule has 1 rings (SSSR count). The first-order valence-corrected chi connectivity index (χ1v) is 7.63. The Bertz CT molecular complexity index is 479. The van der Waals surface area contributed by atoms with Crippen LogP contribution < -0.4 is 11.1 Å². The van der Waals surface area contributed by atoms with Crippen molar-refractivity contribution >= 4 is 52.5 Å². The number of carboxylic acids is 1. The predicted molar refractivity (Wildman–Crippen MR) is 82.6 cm³/mol. The van der Waals surface area contributed by atoms with E-state index in [0.29, 0.717) is 21.5 Å². The lowest BCUT2D eigenvalue weighted by molar-refractivity contribution is -0.137. The van der Waals surface area contributed by atoms with Crippen molar-refractivity contribution in [1.29, 1.82) is 0 Å². The standard InChI is InChI=1S/C12H14Cl2N2O3S/c13-7-2-1-3-8(14)11(7)16-10(17)4-5-20-6-9(15)12(18)19/h1-3,9H,4-6,15H2,(H,16,17)(H,18,19)/t9-/m1/s1. The van der Waals surface area contributed by atoms with Gasteiger partial charge in [-0.2, -0.15) is 11.8 Å². The van der Waals surface area contributed by atoms with Crippen LogP contribution in [-0.4, -0.2) is 34.5 Å². The van der Waals surface area contributed by atoms with Crippen LogP contribution in [-0.2, 0) is 9.59 Å². The van der Waals surface area contributed by atoms with Gasteiger partial charge in [0.1, 0.15) is 6.04 Å². The molecule has 1 aromatic rings. The molecular weight excluding hydrogens is 323 g/mol. The molecular formula is C12H14Cl2N2O3S. The smallest absolute Gasteiger partial charge is 0.321 e. The number of hydrogen-bond acceptors (Lipinski definition) is 4. The average molecular weight is 337 g/mol. The molecule has 8 heteroatoms. The molecule has 0 saturated carbocycles. The van der Waals surface area contributed by atoms with Crippen molar-refractivity contribution in [2.24, 2.45) is 5.73 Å². The summed E-state index contributed by atoms with van der Waals surface area (Å²) >= 11 is 13.2. The SMILES string of the molecule is N[C@H](CSCCC(=O)Nc1c(Cl)cccc1Cl)C(=O)O. The molecule has 0 saturated heterocycles. The normalized spacial score (nSPS) is 11.9. The Morgan fingerprint density at radius 1 is 1.35 bits per heavy atom. The summed E-state index contributed by atoms with van der Waals surface area (Å²) < 4.78 is 0. The van der Waals surface area contributed by atoms with Crippen LogP contribution in [0, 0.1) is 0 Å². The van der Waals surface area contributed by atoms with Gasteiger partial charge in [-0.1, -0.05) is 29.3 Å². The van der Waals surface area contributed by atoms with E-state index in [-0.39, 0.29) is 18.1 Å². The number of halogens is 2. The number of carboxylic acid groups (broad SMARTS) is 1. The third-order valence-electron chi connectivity index (χ3n) is 2.32. The summed E-state index contributed by atoms with van der Waals surface area (Å²) in [5, 5.41) is 12.0. The van der Waals surface area contributed by atoms with Crippen LogP contribution in [0.3, 0.4) is 0 Å². The first-order chi connectivity index (χ1) is 9.41. The van der Waals surface area contributed by atoms with Crippen LogP contribution in [0.25, 0.3) is 0 Å². The molecule has 0 aliphatic carbocycles. The van der Waals surface area contributed by atoms with Gasteiger partial charge in [0.25, 0.3) is 0 Å². The van der Waals surface area contributed by atoms with Crippen LogP contribution in [0.15, 0.2) is 18.2 Å². The lowest BCUT2D eigenvalue weighted by Gasteiger charge is -2.09. The molecule has 110 valence electrons. The largest absolute Gasteiger partial charge is 0.480 e. The van der Waals surface area contributed by atoms with Crippen molar-refractivity contribution in [3.8, 4) is 0 Å². The van der Waals surface area contributed by atoms with E-state index in [1.807, 2.05) is 0 Å². The Kier molecular flexibility index (Phi) is 7.15. The third kappa shape index (κ3) is 5.58.